The van der Waals surface area contributed by atoms with E-state index in [2.05, 4.69) is 0 Å². The minimum absolute atomic E-state index is 0.299. The number of hydrogen-bond donors (Lipinski definition) is 0. The Morgan fingerprint density at radius 1 is 1.42 bits per heavy atom. The van der Waals surface area contributed by atoms with Crippen molar-refractivity contribution in [2.45, 2.75) is 38.5 Å². The Morgan fingerprint density at radius 2 is 2.25 bits per heavy atom. The number of ether oxygens (including phenoxy) is 1. The Hall–Kier alpha value is -0.370. The molecule has 0 heterocycles. The topological polar surface area (TPSA) is 26.3 Å². The lowest BCUT2D eigenvalue weighted by Crippen LogP contribution is -2.14. The molecule has 1 fully saturated rings. The third-order valence-corrected chi connectivity index (χ3v) is 2.60. The van der Waals surface area contributed by atoms with E-state index in [0.717, 1.165) is 32.3 Å². The molecule has 0 radical (unpaired) electrons. The van der Waals surface area contributed by atoms with E-state index >= 15 is 0 Å². The van der Waals surface area contributed by atoms with Gasteiger partial charge in [0.25, 0.3) is 0 Å². The highest BCUT2D eigenvalue weighted by Gasteiger charge is 2.19. The predicted octanol–water partition coefficient (Wildman–Crippen LogP) is 2.17. The number of hydrogen-bond acceptors (Lipinski definition) is 2. The van der Waals surface area contributed by atoms with Crippen LogP contribution in [-0.2, 0) is 9.53 Å². The fourth-order valence-corrected chi connectivity index (χ4v) is 1.80. The van der Waals surface area contributed by atoms with Crippen molar-refractivity contribution in [3.8, 4) is 0 Å². The molecule has 1 aliphatic carbocycles. The van der Waals surface area contributed by atoms with Gasteiger partial charge < -0.3 is 4.74 Å². The number of methoxy groups -OCH3 is 1. The maximum atomic E-state index is 11.5. The van der Waals surface area contributed by atoms with Gasteiger partial charge in [-0.2, -0.15) is 0 Å². The Balaban J connectivity index is 2.31. The summed E-state index contributed by atoms with van der Waals surface area (Å²) in [4.78, 5) is 11.5. The van der Waals surface area contributed by atoms with Gasteiger partial charge in [-0.25, -0.2) is 0 Å². The van der Waals surface area contributed by atoms with Crippen LogP contribution in [0.1, 0.15) is 38.5 Å². The third-order valence-electron chi connectivity index (χ3n) is 2.60. The van der Waals surface area contributed by atoms with Gasteiger partial charge in [-0.15, -0.1) is 0 Å². The summed E-state index contributed by atoms with van der Waals surface area (Å²) in [5, 5.41) is 0. The van der Waals surface area contributed by atoms with Gasteiger partial charge in [0.2, 0.25) is 0 Å². The van der Waals surface area contributed by atoms with Crippen LogP contribution in [0, 0.1) is 5.92 Å². The lowest BCUT2D eigenvalue weighted by molar-refractivity contribution is -0.123. The number of rotatable bonds is 3. The molecule has 0 aromatic rings. The highest BCUT2D eigenvalue weighted by atomic mass is 16.5. The van der Waals surface area contributed by atoms with Crippen molar-refractivity contribution in [3.05, 3.63) is 0 Å². The quantitative estimate of drug-likeness (QED) is 0.607. The molecule has 0 aromatic carbocycles. The van der Waals surface area contributed by atoms with E-state index in [9.17, 15) is 4.79 Å². The van der Waals surface area contributed by atoms with Crippen molar-refractivity contribution in [1.29, 1.82) is 0 Å². The average Bonchev–Trinajstić information content (AvgIpc) is 2.27. The van der Waals surface area contributed by atoms with Gasteiger partial charge >= 0.3 is 0 Å². The van der Waals surface area contributed by atoms with E-state index in [0.29, 0.717) is 11.7 Å². The van der Waals surface area contributed by atoms with Crippen LogP contribution in [-0.4, -0.2) is 19.5 Å². The minimum atomic E-state index is 0.299. The standard InChI is InChI=1S/C10H18O2/c1-12-8-7-9-5-3-2-4-6-10(9)11/h9H,2-8H2,1H3. The first-order valence-corrected chi connectivity index (χ1v) is 4.86. The van der Waals surface area contributed by atoms with Gasteiger partial charge in [-0.3, -0.25) is 4.79 Å². The molecule has 0 N–H and O–H groups in total. The Labute approximate surface area is 74.3 Å². The summed E-state index contributed by atoms with van der Waals surface area (Å²) in [5.74, 6) is 0.761. The van der Waals surface area contributed by atoms with Crippen LogP contribution in [0.3, 0.4) is 0 Å². The van der Waals surface area contributed by atoms with E-state index in [1.165, 1.54) is 12.8 Å². The smallest absolute Gasteiger partial charge is 0.136 e. The molecule has 2 nitrogen and oxygen atoms in total. The van der Waals surface area contributed by atoms with Crippen LogP contribution in [0.25, 0.3) is 0 Å². The van der Waals surface area contributed by atoms with Gasteiger partial charge in [-0.05, 0) is 19.3 Å². The molecule has 12 heavy (non-hydrogen) atoms. The van der Waals surface area contributed by atoms with Crippen LogP contribution < -0.4 is 0 Å². The molecule has 0 aromatic heterocycles. The molecule has 0 aliphatic heterocycles. The van der Waals surface area contributed by atoms with E-state index in [1.54, 1.807) is 7.11 Å². The molecule has 2 heteroatoms. The fourth-order valence-electron chi connectivity index (χ4n) is 1.80. The van der Waals surface area contributed by atoms with E-state index < -0.39 is 0 Å². The first kappa shape index (κ1) is 9.72. The summed E-state index contributed by atoms with van der Waals surface area (Å²) in [6.45, 7) is 0.733. The second-order valence-corrected chi connectivity index (χ2v) is 3.54. The van der Waals surface area contributed by atoms with E-state index in [-0.39, 0.29) is 0 Å². The number of Topliss-reactive ketones (excluding diaryl/α,β-unsaturated/α-hetero) is 1. The highest BCUT2D eigenvalue weighted by Crippen LogP contribution is 2.22. The molecule has 0 saturated heterocycles. The second-order valence-electron chi connectivity index (χ2n) is 3.54. The number of ketones is 1. The highest BCUT2D eigenvalue weighted by molar-refractivity contribution is 5.81. The molecule has 0 amide bonds. The molecule has 1 rings (SSSR count). The average molecular weight is 170 g/mol. The van der Waals surface area contributed by atoms with Crippen LogP contribution >= 0.6 is 0 Å². The normalized spacial score (nSPS) is 25.4. The summed E-state index contributed by atoms with van der Waals surface area (Å²) in [5.41, 5.74) is 0. The van der Waals surface area contributed by atoms with Gasteiger partial charge in [0.05, 0.1) is 0 Å². The molecule has 1 unspecified atom stereocenters. The molecule has 1 aliphatic rings. The van der Waals surface area contributed by atoms with Crippen molar-refractivity contribution >= 4 is 5.78 Å². The largest absolute Gasteiger partial charge is 0.385 e. The Morgan fingerprint density at radius 3 is 3.00 bits per heavy atom. The zero-order valence-electron chi connectivity index (χ0n) is 7.84. The molecule has 0 spiro atoms. The van der Waals surface area contributed by atoms with Crippen LogP contribution in [0.15, 0.2) is 0 Å². The molecule has 0 bridgehead atoms. The predicted molar refractivity (Wildman–Crippen MR) is 48.1 cm³/mol. The van der Waals surface area contributed by atoms with Crippen molar-refractivity contribution < 1.29 is 9.53 Å². The number of carbonyl (C=O) groups excluding carboxylic acids is 1. The molecule has 1 saturated carbocycles. The molecule has 70 valence electrons. The zero-order valence-corrected chi connectivity index (χ0v) is 7.84. The van der Waals surface area contributed by atoms with Gasteiger partial charge in [0.1, 0.15) is 5.78 Å². The first-order valence-electron chi connectivity index (χ1n) is 4.86. The summed E-state index contributed by atoms with van der Waals surface area (Å²) in [7, 11) is 1.70. The first-order chi connectivity index (χ1) is 5.84. The van der Waals surface area contributed by atoms with Crippen LogP contribution in [0.5, 0.6) is 0 Å². The monoisotopic (exact) mass is 170 g/mol. The minimum Gasteiger partial charge on any atom is -0.385 e. The Kier molecular flexibility index (Phi) is 4.30. The third kappa shape index (κ3) is 2.94. The van der Waals surface area contributed by atoms with Crippen molar-refractivity contribution in [2.24, 2.45) is 5.92 Å². The van der Waals surface area contributed by atoms with Crippen molar-refractivity contribution in [3.63, 3.8) is 0 Å². The summed E-state index contributed by atoms with van der Waals surface area (Å²) in [6.07, 6.45) is 6.36. The summed E-state index contributed by atoms with van der Waals surface area (Å²) < 4.78 is 4.98. The molecular formula is C10H18O2. The van der Waals surface area contributed by atoms with Gasteiger partial charge in [0.15, 0.2) is 0 Å². The van der Waals surface area contributed by atoms with E-state index in [4.69, 9.17) is 4.74 Å². The number of carbonyl (C=O) groups is 1. The fraction of sp³-hybridized carbons (Fsp3) is 0.900. The lowest BCUT2D eigenvalue weighted by Gasteiger charge is -2.11. The van der Waals surface area contributed by atoms with Crippen LogP contribution in [0.4, 0.5) is 0 Å². The maximum Gasteiger partial charge on any atom is 0.136 e. The van der Waals surface area contributed by atoms with Crippen LogP contribution in [0.2, 0.25) is 0 Å². The van der Waals surface area contributed by atoms with Crippen molar-refractivity contribution in [2.75, 3.05) is 13.7 Å². The zero-order chi connectivity index (χ0) is 8.81. The maximum absolute atomic E-state index is 11.5. The summed E-state index contributed by atoms with van der Waals surface area (Å²) >= 11 is 0. The van der Waals surface area contributed by atoms with Gasteiger partial charge in [0, 0.05) is 26.1 Å². The van der Waals surface area contributed by atoms with Crippen molar-refractivity contribution in [1.82, 2.24) is 0 Å². The summed E-state index contributed by atoms with van der Waals surface area (Å²) in [6, 6.07) is 0. The van der Waals surface area contributed by atoms with Gasteiger partial charge in [-0.1, -0.05) is 12.8 Å². The second kappa shape index (κ2) is 5.31. The lowest BCUT2D eigenvalue weighted by atomic mass is 9.96. The van der Waals surface area contributed by atoms with E-state index in [1.807, 2.05) is 0 Å². The molecule has 1 atom stereocenters. The molecular weight excluding hydrogens is 152 g/mol. The SMILES string of the molecule is COCCC1CCCCCC1=O. The Bertz CT molecular complexity index is 143.